The van der Waals surface area contributed by atoms with Crippen LogP contribution in [0, 0.1) is 0 Å². The molecule has 0 bridgehead atoms. The largest absolute Gasteiger partial charge is 0.372 e. The van der Waals surface area contributed by atoms with Gasteiger partial charge in [-0.25, -0.2) is 0 Å². The quantitative estimate of drug-likeness (QED) is 0.411. The topological polar surface area (TPSA) is 80.3 Å². The molecule has 2 saturated heterocycles. The van der Waals surface area contributed by atoms with Crippen molar-refractivity contribution < 1.29 is 9.47 Å². The van der Waals surface area contributed by atoms with E-state index in [0.717, 1.165) is 32.3 Å². The molecule has 1 aliphatic carbocycles. The Morgan fingerprint density at radius 2 is 1.35 bits per heavy atom. The van der Waals surface area contributed by atoms with Gasteiger partial charge in [0.25, 0.3) is 0 Å². The molecule has 3 rings (SSSR count). The van der Waals surface area contributed by atoms with Gasteiger partial charge in [0.2, 0.25) is 0 Å². The second-order valence-corrected chi connectivity index (χ2v) is 5.16. The summed E-state index contributed by atoms with van der Waals surface area (Å²) < 4.78 is 10.7. The first-order valence-corrected chi connectivity index (χ1v) is 6.72. The molecule has 5 heteroatoms. The lowest BCUT2D eigenvalue weighted by Gasteiger charge is -2.33. The second-order valence-electron chi connectivity index (χ2n) is 5.16. The molecule has 0 aromatic rings. The summed E-state index contributed by atoms with van der Waals surface area (Å²) in [6.45, 7) is 4.25. The number of hydrogen-bond acceptors (Lipinski definition) is 5. The summed E-state index contributed by atoms with van der Waals surface area (Å²) in [5.74, 6) is 8.00. The highest BCUT2D eigenvalue weighted by Crippen LogP contribution is 2.26. The number of nitrogens with two attached hydrogens (primary N) is 2. The summed E-state index contributed by atoms with van der Waals surface area (Å²) in [4.78, 5) is 2.63. The fraction of sp³-hybridized carbons (Fsp3) is 1.00. The normalized spacial score (nSPS) is 31.9. The third kappa shape index (κ3) is 4.52. The van der Waals surface area contributed by atoms with Crippen molar-refractivity contribution in [2.24, 2.45) is 11.7 Å². The fourth-order valence-corrected chi connectivity index (χ4v) is 2.69. The van der Waals surface area contributed by atoms with Crippen LogP contribution in [0.5, 0.6) is 0 Å². The minimum Gasteiger partial charge on any atom is -0.372 e. The van der Waals surface area contributed by atoms with Crippen LogP contribution in [0.3, 0.4) is 0 Å². The smallest absolute Gasteiger partial charge is 0.0936 e. The first kappa shape index (κ1) is 13.2. The highest BCUT2D eigenvalue weighted by Gasteiger charge is 2.34. The summed E-state index contributed by atoms with van der Waals surface area (Å²) in [7, 11) is 0. The third-order valence-corrected chi connectivity index (χ3v) is 3.77. The van der Waals surface area contributed by atoms with Gasteiger partial charge in [-0.3, -0.25) is 16.6 Å². The van der Waals surface area contributed by atoms with Crippen molar-refractivity contribution in [2.75, 3.05) is 26.3 Å². The van der Waals surface area contributed by atoms with Gasteiger partial charge in [0, 0.05) is 19.1 Å². The van der Waals surface area contributed by atoms with Gasteiger partial charge in [0.1, 0.15) is 0 Å². The van der Waals surface area contributed by atoms with Gasteiger partial charge in [0.05, 0.1) is 25.4 Å². The van der Waals surface area contributed by atoms with Crippen LogP contribution in [0.15, 0.2) is 0 Å². The molecule has 4 N–H and O–H groups in total. The van der Waals surface area contributed by atoms with Crippen molar-refractivity contribution >= 4 is 0 Å². The van der Waals surface area contributed by atoms with E-state index in [1.165, 1.54) is 32.1 Å². The highest BCUT2D eigenvalue weighted by atomic mass is 16.6. The average molecular weight is 243 g/mol. The fourth-order valence-electron chi connectivity index (χ4n) is 2.69. The monoisotopic (exact) mass is 243 g/mol. The molecule has 1 saturated carbocycles. The van der Waals surface area contributed by atoms with Gasteiger partial charge < -0.3 is 9.47 Å². The Bertz CT molecular complexity index is 200. The zero-order chi connectivity index (χ0) is 12.1. The zero-order valence-electron chi connectivity index (χ0n) is 10.5. The van der Waals surface area contributed by atoms with E-state index in [-0.39, 0.29) is 0 Å². The van der Waals surface area contributed by atoms with Crippen LogP contribution in [0.25, 0.3) is 0 Å². The molecule has 2 heterocycles. The highest BCUT2D eigenvalue weighted by molar-refractivity contribution is 4.85. The Balaban J connectivity index is 0.000000514. The number of ether oxygens (including phenoxy) is 2. The number of hydrazine groups is 1. The van der Waals surface area contributed by atoms with Crippen molar-refractivity contribution in [3.8, 4) is 0 Å². The van der Waals surface area contributed by atoms with Gasteiger partial charge in [-0.05, 0) is 12.8 Å². The molecule has 0 radical (unpaired) electrons. The van der Waals surface area contributed by atoms with Crippen LogP contribution < -0.4 is 11.7 Å². The summed E-state index contributed by atoms with van der Waals surface area (Å²) in [6, 6.07) is 0.812. The molecule has 0 aromatic heterocycles. The van der Waals surface area contributed by atoms with Crippen LogP contribution >= 0.6 is 0 Å². The average Bonchev–Trinajstić information content (AvgIpc) is 3.27. The van der Waals surface area contributed by atoms with Crippen LogP contribution in [0.4, 0.5) is 0 Å². The standard InChI is InChI=1S/C12H21NO2.H4N2/c1-2-4-10(5-3-1)13(6-11-8-14-11)7-12-9-15-12;1-2/h10-12H,1-9H2;1-2H2. The first-order valence-electron chi connectivity index (χ1n) is 6.72. The van der Waals surface area contributed by atoms with Gasteiger partial charge in [-0.2, -0.15) is 0 Å². The Hall–Kier alpha value is -0.200. The van der Waals surface area contributed by atoms with Crippen molar-refractivity contribution in [1.29, 1.82) is 0 Å². The third-order valence-electron chi connectivity index (χ3n) is 3.77. The zero-order valence-corrected chi connectivity index (χ0v) is 10.5. The van der Waals surface area contributed by atoms with Gasteiger partial charge >= 0.3 is 0 Å². The maximum Gasteiger partial charge on any atom is 0.0936 e. The Labute approximate surface area is 103 Å². The predicted molar refractivity (Wildman–Crippen MR) is 66.3 cm³/mol. The Morgan fingerprint density at radius 1 is 0.882 bits per heavy atom. The van der Waals surface area contributed by atoms with Gasteiger partial charge in [0.15, 0.2) is 0 Å². The maximum atomic E-state index is 5.35. The summed E-state index contributed by atoms with van der Waals surface area (Å²) in [5, 5.41) is 0. The van der Waals surface area contributed by atoms with E-state index in [4.69, 9.17) is 9.47 Å². The van der Waals surface area contributed by atoms with Crippen LogP contribution in [-0.2, 0) is 9.47 Å². The molecule has 3 aliphatic rings. The molecule has 0 spiro atoms. The summed E-state index contributed by atoms with van der Waals surface area (Å²) in [5.41, 5.74) is 0. The lowest BCUT2D eigenvalue weighted by molar-refractivity contribution is 0.132. The van der Waals surface area contributed by atoms with E-state index in [1.54, 1.807) is 0 Å². The molecule has 100 valence electrons. The van der Waals surface area contributed by atoms with Crippen molar-refractivity contribution in [1.82, 2.24) is 4.90 Å². The van der Waals surface area contributed by atoms with Gasteiger partial charge in [-0.15, -0.1) is 0 Å². The van der Waals surface area contributed by atoms with E-state index in [0.29, 0.717) is 12.2 Å². The molecular formula is C12H25N3O2. The Kier molecular flexibility index (Phi) is 5.18. The number of epoxide rings is 2. The molecule has 2 atom stereocenters. The minimum atomic E-state index is 0.533. The lowest BCUT2D eigenvalue weighted by atomic mass is 9.94. The van der Waals surface area contributed by atoms with Crippen LogP contribution in [0.2, 0.25) is 0 Å². The predicted octanol–water partition coefficient (Wildman–Crippen LogP) is 0.238. The molecule has 17 heavy (non-hydrogen) atoms. The molecule has 0 amide bonds. The van der Waals surface area contributed by atoms with Crippen LogP contribution in [-0.4, -0.2) is 49.5 Å². The van der Waals surface area contributed by atoms with Crippen molar-refractivity contribution in [3.63, 3.8) is 0 Å². The van der Waals surface area contributed by atoms with E-state index in [9.17, 15) is 0 Å². The van der Waals surface area contributed by atoms with E-state index in [1.807, 2.05) is 0 Å². The number of nitrogens with zero attached hydrogens (tertiary/aromatic N) is 1. The Morgan fingerprint density at radius 3 is 1.76 bits per heavy atom. The molecule has 2 aliphatic heterocycles. The lowest BCUT2D eigenvalue weighted by Crippen LogP contribution is -2.41. The number of hydrogen-bond donors (Lipinski definition) is 2. The molecular weight excluding hydrogens is 218 g/mol. The van der Waals surface area contributed by atoms with Crippen molar-refractivity contribution in [2.45, 2.75) is 50.4 Å². The summed E-state index contributed by atoms with van der Waals surface area (Å²) >= 11 is 0. The molecule has 2 unspecified atom stereocenters. The van der Waals surface area contributed by atoms with E-state index < -0.39 is 0 Å². The second kappa shape index (κ2) is 6.66. The number of rotatable bonds is 5. The SMILES string of the molecule is C1CCC(N(CC2CO2)CC2CO2)CC1.NN. The van der Waals surface area contributed by atoms with Crippen LogP contribution in [0.1, 0.15) is 32.1 Å². The molecule has 5 nitrogen and oxygen atoms in total. The molecule has 0 aromatic carbocycles. The van der Waals surface area contributed by atoms with Crippen molar-refractivity contribution in [3.05, 3.63) is 0 Å². The molecule has 3 fully saturated rings. The summed E-state index contributed by atoms with van der Waals surface area (Å²) in [6.07, 6.45) is 8.11. The van der Waals surface area contributed by atoms with E-state index in [2.05, 4.69) is 16.6 Å². The van der Waals surface area contributed by atoms with E-state index >= 15 is 0 Å². The van der Waals surface area contributed by atoms with Gasteiger partial charge in [-0.1, -0.05) is 19.3 Å². The maximum absolute atomic E-state index is 5.35. The minimum absolute atomic E-state index is 0.533. The first-order chi connectivity index (χ1) is 8.42.